The fourth-order valence-electron chi connectivity index (χ4n) is 0.696. The number of aliphatic hydroxyl groups is 1. The van der Waals surface area contributed by atoms with E-state index in [1.807, 2.05) is 0 Å². The summed E-state index contributed by atoms with van der Waals surface area (Å²) in [5.74, 6) is 0. The Labute approximate surface area is 74.9 Å². The Balaban J connectivity index is 3.32. The van der Waals surface area contributed by atoms with Crippen LogP contribution >= 0.6 is 0 Å². The molecule has 0 aromatic heterocycles. The molecule has 0 aromatic carbocycles. The highest BCUT2D eigenvalue weighted by Gasteiger charge is 2.37. The summed E-state index contributed by atoms with van der Waals surface area (Å²) in [4.78, 5) is 0. The fourth-order valence-corrected chi connectivity index (χ4v) is 0.696. The third kappa shape index (κ3) is 6.80. The van der Waals surface area contributed by atoms with Gasteiger partial charge in [0.05, 0.1) is 0 Å². The van der Waals surface area contributed by atoms with Gasteiger partial charge >= 0.3 is 6.18 Å². The van der Waals surface area contributed by atoms with Crippen molar-refractivity contribution >= 4 is 0 Å². The van der Waals surface area contributed by atoms with Gasteiger partial charge < -0.3 is 15.2 Å². The van der Waals surface area contributed by atoms with Crippen molar-refractivity contribution in [2.45, 2.75) is 18.7 Å². The number of alkyl halides is 3. The van der Waals surface area contributed by atoms with E-state index in [4.69, 9.17) is 9.84 Å². The quantitative estimate of drug-likeness (QED) is 0.616. The smallest absolute Gasteiger partial charge is 0.385 e. The fraction of sp³-hybridized carbons (Fsp3) is 1.00. The number of halogens is 3. The molecule has 0 amide bonds. The van der Waals surface area contributed by atoms with Gasteiger partial charge in [0.2, 0.25) is 0 Å². The lowest BCUT2D eigenvalue weighted by Crippen LogP contribution is -2.38. The van der Waals surface area contributed by atoms with Gasteiger partial charge in [-0.25, -0.2) is 0 Å². The molecule has 0 saturated carbocycles. The van der Waals surface area contributed by atoms with Gasteiger partial charge in [0.15, 0.2) is 6.10 Å². The average molecular weight is 201 g/mol. The van der Waals surface area contributed by atoms with Crippen LogP contribution in [-0.2, 0) is 4.74 Å². The van der Waals surface area contributed by atoms with Crippen LogP contribution in [0.1, 0.15) is 6.42 Å². The predicted octanol–water partition coefficient (Wildman–Crippen LogP) is 0.536. The first kappa shape index (κ1) is 12.7. The summed E-state index contributed by atoms with van der Waals surface area (Å²) in [6.45, 7) is 0.434. The SMILES string of the molecule is COCCCNC[C@H](O)C(F)(F)F. The lowest BCUT2D eigenvalue weighted by molar-refractivity contribution is -0.201. The van der Waals surface area contributed by atoms with E-state index in [9.17, 15) is 13.2 Å². The number of aliphatic hydroxyl groups excluding tert-OH is 1. The van der Waals surface area contributed by atoms with Crippen LogP contribution in [0.15, 0.2) is 0 Å². The van der Waals surface area contributed by atoms with Gasteiger partial charge in [0, 0.05) is 20.3 Å². The minimum atomic E-state index is -4.53. The summed E-state index contributed by atoms with van der Waals surface area (Å²) in [6, 6.07) is 0. The van der Waals surface area contributed by atoms with Gasteiger partial charge in [-0.2, -0.15) is 13.2 Å². The van der Waals surface area contributed by atoms with E-state index in [0.717, 1.165) is 0 Å². The van der Waals surface area contributed by atoms with E-state index in [1.54, 1.807) is 0 Å². The third-order valence-corrected chi connectivity index (χ3v) is 1.42. The van der Waals surface area contributed by atoms with Crippen LogP contribution in [0.3, 0.4) is 0 Å². The predicted molar refractivity (Wildman–Crippen MR) is 41.4 cm³/mol. The minimum absolute atomic E-state index is 0.404. The Kier molecular flexibility index (Phi) is 6.02. The Morgan fingerprint density at radius 3 is 2.54 bits per heavy atom. The topological polar surface area (TPSA) is 41.5 Å². The van der Waals surface area contributed by atoms with E-state index < -0.39 is 18.8 Å². The van der Waals surface area contributed by atoms with Crippen LogP contribution in [0.5, 0.6) is 0 Å². The third-order valence-electron chi connectivity index (χ3n) is 1.42. The van der Waals surface area contributed by atoms with Crippen LogP contribution in [-0.4, -0.2) is 44.2 Å². The zero-order valence-corrected chi connectivity index (χ0v) is 7.40. The highest BCUT2D eigenvalue weighted by Crippen LogP contribution is 2.18. The Morgan fingerprint density at radius 2 is 2.08 bits per heavy atom. The van der Waals surface area contributed by atoms with E-state index in [0.29, 0.717) is 19.6 Å². The zero-order chi connectivity index (χ0) is 10.3. The number of nitrogens with one attached hydrogen (secondary N) is 1. The van der Waals surface area contributed by atoms with E-state index >= 15 is 0 Å². The largest absolute Gasteiger partial charge is 0.415 e. The van der Waals surface area contributed by atoms with E-state index in [2.05, 4.69) is 5.32 Å². The molecule has 0 unspecified atom stereocenters. The molecule has 6 heteroatoms. The molecule has 2 N–H and O–H groups in total. The Morgan fingerprint density at radius 1 is 1.46 bits per heavy atom. The van der Waals surface area contributed by atoms with Gasteiger partial charge in [-0.3, -0.25) is 0 Å². The molecule has 3 nitrogen and oxygen atoms in total. The molecule has 0 radical (unpaired) electrons. The Bertz CT molecular complexity index is 129. The number of methoxy groups -OCH3 is 1. The van der Waals surface area contributed by atoms with Crippen LogP contribution in [0.2, 0.25) is 0 Å². The van der Waals surface area contributed by atoms with Gasteiger partial charge in [0.25, 0.3) is 0 Å². The zero-order valence-electron chi connectivity index (χ0n) is 7.40. The molecular weight excluding hydrogens is 187 g/mol. The molecular formula is C7H14F3NO2. The number of hydrogen-bond donors (Lipinski definition) is 2. The molecule has 0 aromatic rings. The first-order chi connectivity index (χ1) is 5.98. The maximum absolute atomic E-state index is 11.7. The molecule has 0 spiro atoms. The number of rotatable bonds is 6. The lowest BCUT2D eigenvalue weighted by Gasteiger charge is -2.14. The van der Waals surface area contributed by atoms with Crippen molar-refractivity contribution < 1.29 is 23.0 Å². The molecule has 0 aliphatic rings. The van der Waals surface area contributed by atoms with Gasteiger partial charge in [-0.05, 0) is 13.0 Å². The maximum Gasteiger partial charge on any atom is 0.415 e. The molecule has 80 valence electrons. The van der Waals surface area contributed by atoms with Crippen molar-refractivity contribution in [3.63, 3.8) is 0 Å². The van der Waals surface area contributed by atoms with Crippen LogP contribution < -0.4 is 5.32 Å². The second kappa shape index (κ2) is 6.17. The van der Waals surface area contributed by atoms with Crippen LogP contribution in [0, 0.1) is 0 Å². The summed E-state index contributed by atoms with van der Waals surface area (Å²) >= 11 is 0. The standard InChI is InChI=1S/C7H14F3NO2/c1-13-4-2-3-11-5-6(12)7(8,9)10/h6,11-12H,2-5H2,1H3/t6-/m0/s1. The monoisotopic (exact) mass is 201 g/mol. The van der Waals surface area contributed by atoms with Gasteiger partial charge in [-0.15, -0.1) is 0 Å². The van der Waals surface area contributed by atoms with Crippen molar-refractivity contribution in [1.29, 1.82) is 0 Å². The van der Waals surface area contributed by atoms with Crippen molar-refractivity contribution in [3.05, 3.63) is 0 Å². The normalized spacial score (nSPS) is 14.5. The molecule has 0 aliphatic carbocycles. The number of ether oxygens (including phenoxy) is 1. The molecule has 0 aliphatic heterocycles. The van der Waals surface area contributed by atoms with Crippen molar-refractivity contribution in [2.75, 3.05) is 26.8 Å². The number of hydrogen-bond acceptors (Lipinski definition) is 3. The second-order valence-electron chi connectivity index (χ2n) is 2.61. The molecule has 0 saturated heterocycles. The van der Waals surface area contributed by atoms with E-state index in [-0.39, 0.29) is 0 Å². The first-order valence-corrected chi connectivity index (χ1v) is 3.93. The van der Waals surface area contributed by atoms with Crippen molar-refractivity contribution in [1.82, 2.24) is 5.32 Å². The summed E-state index contributed by atoms with van der Waals surface area (Å²) < 4.78 is 39.8. The Hall–Kier alpha value is -0.330. The lowest BCUT2D eigenvalue weighted by atomic mass is 10.3. The molecule has 0 rings (SSSR count). The highest BCUT2D eigenvalue weighted by atomic mass is 19.4. The second-order valence-corrected chi connectivity index (χ2v) is 2.61. The van der Waals surface area contributed by atoms with Crippen molar-refractivity contribution in [3.8, 4) is 0 Å². The van der Waals surface area contributed by atoms with E-state index in [1.165, 1.54) is 7.11 Å². The summed E-state index contributed by atoms with van der Waals surface area (Å²) in [5.41, 5.74) is 0. The highest BCUT2D eigenvalue weighted by molar-refractivity contribution is 4.67. The summed E-state index contributed by atoms with van der Waals surface area (Å²) in [7, 11) is 1.52. The van der Waals surface area contributed by atoms with Gasteiger partial charge in [-0.1, -0.05) is 0 Å². The molecule has 0 bridgehead atoms. The molecule has 1 atom stereocenters. The molecule has 0 fully saturated rings. The van der Waals surface area contributed by atoms with Crippen LogP contribution in [0.25, 0.3) is 0 Å². The minimum Gasteiger partial charge on any atom is -0.385 e. The summed E-state index contributed by atoms with van der Waals surface area (Å²) in [6.07, 6.45) is -6.19. The summed E-state index contributed by atoms with van der Waals surface area (Å²) in [5, 5.41) is 11.0. The maximum atomic E-state index is 11.7. The van der Waals surface area contributed by atoms with Gasteiger partial charge in [0.1, 0.15) is 0 Å². The average Bonchev–Trinajstić information content (AvgIpc) is 2.02. The molecule has 0 heterocycles. The van der Waals surface area contributed by atoms with Crippen molar-refractivity contribution in [2.24, 2.45) is 0 Å². The van der Waals surface area contributed by atoms with Crippen LogP contribution in [0.4, 0.5) is 13.2 Å². The molecule has 13 heavy (non-hydrogen) atoms. The first-order valence-electron chi connectivity index (χ1n) is 3.93.